The van der Waals surface area contributed by atoms with E-state index in [1.54, 1.807) is 11.3 Å². The highest BCUT2D eigenvalue weighted by atomic mass is 32.1. The van der Waals surface area contributed by atoms with Crippen molar-refractivity contribution in [3.8, 4) is 10.6 Å². The van der Waals surface area contributed by atoms with E-state index in [0.717, 1.165) is 64.1 Å². The molecule has 0 saturated heterocycles. The van der Waals surface area contributed by atoms with Crippen LogP contribution in [0, 0.1) is 0 Å². The van der Waals surface area contributed by atoms with Crippen molar-refractivity contribution < 1.29 is 4.79 Å². The number of fused-ring (bicyclic) bond motifs is 2. The quantitative estimate of drug-likeness (QED) is 0.181. The Morgan fingerprint density at radius 3 is 2.80 bits per heavy atom. The second kappa shape index (κ2) is 10.9. The molecule has 1 heterocycles. The first-order valence-electron chi connectivity index (χ1n) is 10.0. The third-order valence-corrected chi connectivity index (χ3v) is 5.91. The normalized spacial score (nSPS) is 10.6. The van der Waals surface area contributed by atoms with Crippen LogP contribution < -0.4 is 20.6 Å². The first kappa shape index (κ1) is 22.0. The molecule has 0 fully saturated rings. The molecule has 1 aliphatic carbocycles. The molecular weight excluding hydrogens is 414 g/mol. The number of hydrogen-bond donors (Lipinski definition) is 2. The van der Waals surface area contributed by atoms with Crippen LogP contribution in [-0.4, -0.2) is 43.4 Å². The highest BCUT2D eigenvalue weighted by Crippen LogP contribution is 2.30. The number of amides is 2. The first-order valence-corrected chi connectivity index (χ1v) is 11.2. The van der Waals surface area contributed by atoms with E-state index in [1.807, 2.05) is 38.4 Å². The molecular formula is C22H26N5OS2+. The van der Waals surface area contributed by atoms with Crippen molar-refractivity contribution in [1.29, 1.82) is 0 Å². The van der Waals surface area contributed by atoms with Gasteiger partial charge in [-0.3, -0.25) is 0 Å². The van der Waals surface area contributed by atoms with Crippen LogP contribution in [-0.2, 0) is 0 Å². The monoisotopic (exact) mass is 440 g/mol. The molecule has 0 spiro atoms. The van der Waals surface area contributed by atoms with E-state index in [4.69, 9.17) is 4.98 Å². The minimum Gasteiger partial charge on any atom is -0.338 e. The molecule has 0 radical (unpaired) electrons. The number of nitrogens with zero attached hydrogens (tertiary/aromatic N) is 3. The molecule has 2 aliphatic rings. The lowest BCUT2D eigenvalue weighted by Gasteiger charge is -2.10. The number of carbonyl (C=O) groups is 1. The molecule has 3 rings (SSSR count). The summed E-state index contributed by atoms with van der Waals surface area (Å²) in [6.45, 7) is 1.39. The number of rotatable bonds is 8. The second-order valence-electron chi connectivity index (χ2n) is 7.21. The van der Waals surface area contributed by atoms with Crippen molar-refractivity contribution in [1.82, 2.24) is 14.9 Å². The van der Waals surface area contributed by atoms with Gasteiger partial charge in [0.05, 0.1) is 25.9 Å². The van der Waals surface area contributed by atoms with Crippen LogP contribution >= 0.6 is 23.6 Å². The molecule has 156 valence electrons. The van der Waals surface area contributed by atoms with Crippen LogP contribution in [0.3, 0.4) is 0 Å². The van der Waals surface area contributed by atoms with Gasteiger partial charge in [-0.25, -0.2) is 19.3 Å². The zero-order valence-corrected chi connectivity index (χ0v) is 18.9. The molecule has 1 aromatic rings. The van der Waals surface area contributed by atoms with Gasteiger partial charge in [-0.05, 0) is 49.3 Å². The van der Waals surface area contributed by atoms with Gasteiger partial charge >= 0.3 is 6.03 Å². The maximum absolute atomic E-state index is 12.2. The van der Waals surface area contributed by atoms with Crippen LogP contribution in [0.25, 0.3) is 20.8 Å². The maximum atomic E-state index is 12.2. The largest absolute Gasteiger partial charge is 0.338 e. The Bertz CT molecular complexity index is 1110. The summed E-state index contributed by atoms with van der Waals surface area (Å²) in [5.74, 6) is 0. The van der Waals surface area contributed by atoms with Crippen molar-refractivity contribution in [2.24, 2.45) is 4.99 Å². The number of anilines is 1. The predicted molar refractivity (Wildman–Crippen MR) is 129 cm³/mol. The molecule has 0 saturated carbocycles. The van der Waals surface area contributed by atoms with E-state index >= 15 is 0 Å². The zero-order chi connectivity index (χ0) is 21.3. The van der Waals surface area contributed by atoms with Crippen molar-refractivity contribution in [2.75, 3.05) is 32.5 Å². The highest BCUT2D eigenvalue weighted by Gasteiger charge is 2.10. The first-order chi connectivity index (χ1) is 14.6. The Hall–Kier alpha value is -2.67. The summed E-state index contributed by atoms with van der Waals surface area (Å²) >= 11 is 6.22. The van der Waals surface area contributed by atoms with Gasteiger partial charge < -0.3 is 10.6 Å². The average Bonchev–Trinajstić information content (AvgIpc) is 2.73. The Morgan fingerprint density at radius 2 is 2.00 bits per heavy atom. The molecule has 1 aromatic carbocycles. The van der Waals surface area contributed by atoms with Gasteiger partial charge in [-0.15, -0.1) is 11.3 Å². The van der Waals surface area contributed by atoms with Gasteiger partial charge in [-0.2, -0.15) is 0 Å². The number of nitrogens with one attached hydrogen (secondary N) is 2. The number of isothiocyanates is 1. The summed E-state index contributed by atoms with van der Waals surface area (Å²) in [5.41, 5.74) is 2.67. The SMILES string of the molecule is C[N+](C)=c1ccc2nc3ccc(NC(=O)NCCCCCCN=C=S)cc3sc-2c1. The molecule has 2 amide bonds. The van der Waals surface area contributed by atoms with Gasteiger partial charge in [0.1, 0.15) is 14.1 Å². The van der Waals surface area contributed by atoms with Crippen LogP contribution in [0.15, 0.2) is 41.4 Å². The van der Waals surface area contributed by atoms with E-state index < -0.39 is 0 Å². The number of carbonyl (C=O) groups excluding carboxylic acids is 1. The van der Waals surface area contributed by atoms with Crippen LogP contribution in [0.2, 0.25) is 0 Å². The molecule has 0 unspecified atom stereocenters. The average molecular weight is 441 g/mol. The molecule has 2 N–H and O–H groups in total. The number of benzene rings is 2. The molecule has 1 aliphatic heterocycles. The number of thiocarbonyl (C=S) groups is 1. The van der Waals surface area contributed by atoms with Crippen molar-refractivity contribution in [3.05, 3.63) is 41.8 Å². The highest BCUT2D eigenvalue weighted by molar-refractivity contribution is 7.78. The summed E-state index contributed by atoms with van der Waals surface area (Å²) in [6.07, 6.45) is 4.08. The van der Waals surface area contributed by atoms with E-state index in [9.17, 15) is 4.79 Å². The fourth-order valence-electron chi connectivity index (χ4n) is 3.06. The molecule has 30 heavy (non-hydrogen) atoms. The summed E-state index contributed by atoms with van der Waals surface area (Å²) in [7, 11) is 4.05. The lowest BCUT2D eigenvalue weighted by Crippen LogP contribution is -2.29. The van der Waals surface area contributed by atoms with Crippen molar-refractivity contribution in [3.63, 3.8) is 0 Å². The summed E-state index contributed by atoms with van der Waals surface area (Å²) in [4.78, 5) is 21.9. The molecule has 8 heteroatoms. The number of hydrogen-bond acceptors (Lipinski definition) is 5. The van der Waals surface area contributed by atoms with Crippen LogP contribution in [0.4, 0.5) is 10.5 Å². The number of aliphatic imine (C=N–C) groups is 1. The second-order valence-corrected chi connectivity index (χ2v) is 8.48. The summed E-state index contributed by atoms with van der Waals surface area (Å²) < 4.78 is 3.11. The minimum atomic E-state index is -0.187. The van der Waals surface area contributed by atoms with Gasteiger partial charge in [0.2, 0.25) is 5.36 Å². The fraction of sp³-hybridized carbons (Fsp3) is 0.364. The number of unbranched alkanes of at least 4 members (excludes halogenated alkanes) is 3. The topological polar surface area (TPSA) is 69.4 Å². The van der Waals surface area contributed by atoms with E-state index in [2.05, 4.69) is 49.7 Å². The summed E-state index contributed by atoms with van der Waals surface area (Å²) in [5, 5.41) is 9.34. The minimum absolute atomic E-state index is 0.187. The Labute approximate surface area is 185 Å². The Morgan fingerprint density at radius 1 is 1.17 bits per heavy atom. The smallest absolute Gasteiger partial charge is 0.319 e. The third-order valence-electron chi connectivity index (χ3n) is 4.69. The van der Waals surface area contributed by atoms with Crippen LogP contribution in [0.1, 0.15) is 25.7 Å². The molecule has 0 atom stereocenters. The maximum Gasteiger partial charge on any atom is 0.319 e. The van der Waals surface area contributed by atoms with E-state index in [1.165, 1.54) is 0 Å². The van der Waals surface area contributed by atoms with E-state index in [0.29, 0.717) is 6.54 Å². The van der Waals surface area contributed by atoms with Crippen molar-refractivity contribution >= 4 is 50.7 Å². The lowest BCUT2D eigenvalue weighted by molar-refractivity contribution is 0.252. The van der Waals surface area contributed by atoms with Gasteiger partial charge in [0, 0.05) is 30.9 Å². The summed E-state index contributed by atoms with van der Waals surface area (Å²) in [6, 6.07) is 11.9. The Balaban J connectivity index is 1.59. The zero-order valence-electron chi connectivity index (χ0n) is 17.3. The molecule has 6 nitrogen and oxygen atoms in total. The lowest BCUT2D eigenvalue weighted by atomic mass is 10.2. The molecule has 0 aromatic heterocycles. The standard InChI is InChI=1S/C22H25N5OS2/c1-27(2)17-8-10-19-21(14-17)30-20-13-16(7-9-18(20)26-19)25-22(28)24-12-6-4-3-5-11-23-15-29/h7-10,13-14H,3-6,11-12H2,1-2H3,(H,24,28)/p+1. The van der Waals surface area contributed by atoms with Gasteiger partial charge in [0.25, 0.3) is 0 Å². The van der Waals surface area contributed by atoms with E-state index in [-0.39, 0.29) is 6.03 Å². The molecule has 0 bridgehead atoms. The number of aromatic nitrogens is 1. The number of urea groups is 1. The Kier molecular flexibility index (Phi) is 8.02. The fourth-order valence-corrected chi connectivity index (χ4v) is 4.19. The van der Waals surface area contributed by atoms with Crippen LogP contribution in [0.5, 0.6) is 0 Å². The predicted octanol–water partition coefficient (Wildman–Crippen LogP) is 4.22. The third kappa shape index (κ3) is 6.16. The van der Waals surface area contributed by atoms with Crippen molar-refractivity contribution in [2.45, 2.75) is 25.7 Å². The van der Waals surface area contributed by atoms with Gasteiger partial charge in [-0.1, -0.05) is 12.8 Å². The van der Waals surface area contributed by atoms with Gasteiger partial charge in [0.15, 0.2) is 0 Å².